The molecular formula is C9H17N3O2S. The number of hydrogen-bond donors (Lipinski definition) is 3. The molecule has 0 radical (unpaired) electrons. The lowest BCUT2D eigenvalue weighted by Crippen LogP contribution is -2.32. The van der Waals surface area contributed by atoms with Gasteiger partial charge < -0.3 is 16.2 Å². The number of carbonyl (C=O) groups is 1. The third-order valence-electron chi connectivity index (χ3n) is 2.08. The highest BCUT2D eigenvalue weighted by Crippen LogP contribution is 2.09. The summed E-state index contributed by atoms with van der Waals surface area (Å²) in [4.78, 5) is 14.7. The number of rotatable bonds is 5. The average Bonchev–Trinajstić information content (AvgIpc) is 2.25. The van der Waals surface area contributed by atoms with Crippen LogP contribution in [-0.4, -0.2) is 41.1 Å². The van der Waals surface area contributed by atoms with Crippen molar-refractivity contribution in [3.63, 3.8) is 0 Å². The summed E-state index contributed by atoms with van der Waals surface area (Å²) in [6, 6.07) is -0.743. The molecule has 0 bridgehead atoms. The van der Waals surface area contributed by atoms with Crippen molar-refractivity contribution in [1.82, 2.24) is 5.32 Å². The number of hydrogen-bond acceptors (Lipinski definition) is 5. The maximum absolute atomic E-state index is 10.4. The van der Waals surface area contributed by atoms with Crippen LogP contribution in [0.15, 0.2) is 4.99 Å². The van der Waals surface area contributed by atoms with Gasteiger partial charge in [0.05, 0.1) is 0 Å². The Morgan fingerprint density at radius 3 is 3.13 bits per heavy atom. The van der Waals surface area contributed by atoms with Gasteiger partial charge in [0.15, 0.2) is 5.17 Å². The molecule has 0 spiro atoms. The van der Waals surface area contributed by atoms with Crippen LogP contribution in [0, 0.1) is 0 Å². The molecule has 0 unspecified atom stereocenters. The molecular weight excluding hydrogens is 214 g/mol. The quantitative estimate of drug-likeness (QED) is 0.591. The molecule has 1 atom stereocenters. The number of aliphatic carboxylic acids is 1. The Labute approximate surface area is 93.5 Å². The lowest BCUT2D eigenvalue weighted by atomic mass is 10.2. The van der Waals surface area contributed by atoms with E-state index in [1.165, 1.54) is 0 Å². The minimum atomic E-state index is -0.931. The highest BCUT2D eigenvalue weighted by atomic mass is 32.2. The predicted molar refractivity (Wildman–Crippen MR) is 62.2 cm³/mol. The zero-order chi connectivity index (χ0) is 11.1. The molecule has 1 aliphatic heterocycles. The van der Waals surface area contributed by atoms with Gasteiger partial charge >= 0.3 is 5.97 Å². The fourth-order valence-corrected chi connectivity index (χ4v) is 2.06. The largest absolute Gasteiger partial charge is 0.480 e. The number of carboxylic acids is 1. The molecule has 15 heavy (non-hydrogen) atoms. The Hall–Kier alpha value is -0.750. The van der Waals surface area contributed by atoms with E-state index in [2.05, 4.69) is 10.3 Å². The van der Waals surface area contributed by atoms with Gasteiger partial charge in [-0.25, -0.2) is 0 Å². The van der Waals surface area contributed by atoms with Crippen molar-refractivity contribution in [3.8, 4) is 0 Å². The molecule has 4 N–H and O–H groups in total. The van der Waals surface area contributed by atoms with E-state index < -0.39 is 12.0 Å². The van der Waals surface area contributed by atoms with E-state index in [1.54, 1.807) is 11.8 Å². The highest BCUT2D eigenvalue weighted by molar-refractivity contribution is 8.13. The Morgan fingerprint density at radius 2 is 2.53 bits per heavy atom. The topological polar surface area (TPSA) is 87.7 Å². The predicted octanol–water partition coefficient (Wildman–Crippen LogP) is 0.261. The zero-order valence-electron chi connectivity index (χ0n) is 8.61. The van der Waals surface area contributed by atoms with Crippen LogP contribution in [-0.2, 0) is 4.79 Å². The van der Waals surface area contributed by atoms with Gasteiger partial charge in [-0.15, -0.1) is 0 Å². The van der Waals surface area contributed by atoms with E-state index in [1.807, 2.05) is 0 Å². The van der Waals surface area contributed by atoms with Crippen molar-refractivity contribution in [1.29, 1.82) is 0 Å². The third-order valence-corrected chi connectivity index (χ3v) is 3.12. The van der Waals surface area contributed by atoms with Gasteiger partial charge in [0.1, 0.15) is 6.04 Å². The van der Waals surface area contributed by atoms with Crippen LogP contribution in [0.1, 0.15) is 19.3 Å². The second-order valence-corrected chi connectivity index (χ2v) is 4.49. The molecule has 1 rings (SSSR count). The molecule has 0 aliphatic carbocycles. The smallest absolute Gasteiger partial charge is 0.320 e. The Balaban J connectivity index is 2.06. The van der Waals surface area contributed by atoms with E-state index >= 15 is 0 Å². The first-order chi connectivity index (χ1) is 7.20. The van der Waals surface area contributed by atoms with Gasteiger partial charge in [-0.05, 0) is 19.3 Å². The average molecular weight is 231 g/mol. The molecule has 0 aromatic carbocycles. The molecule has 1 heterocycles. The van der Waals surface area contributed by atoms with Crippen LogP contribution in [0.5, 0.6) is 0 Å². The summed E-state index contributed by atoms with van der Waals surface area (Å²) in [5.41, 5.74) is 5.37. The minimum absolute atomic E-state index is 0.500. The second-order valence-electron chi connectivity index (χ2n) is 3.40. The van der Waals surface area contributed by atoms with Gasteiger partial charge in [-0.1, -0.05) is 11.8 Å². The maximum atomic E-state index is 10.4. The van der Waals surface area contributed by atoms with Crippen molar-refractivity contribution in [2.24, 2.45) is 10.7 Å². The number of nitrogens with two attached hydrogens (primary N) is 1. The van der Waals surface area contributed by atoms with Gasteiger partial charge in [-0.3, -0.25) is 9.79 Å². The molecule has 1 aliphatic rings. The van der Waals surface area contributed by atoms with E-state index in [0.29, 0.717) is 6.42 Å². The summed E-state index contributed by atoms with van der Waals surface area (Å²) in [6.45, 7) is 1.64. The molecule has 86 valence electrons. The monoisotopic (exact) mass is 231 g/mol. The van der Waals surface area contributed by atoms with Gasteiger partial charge in [-0.2, -0.15) is 0 Å². The van der Waals surface area contributed by atoms with Crippen LogP contribution >= 0.6 is 11.8 Å². The summed E-state index contributed by atoms with van der Waals surface area (Å²) < 4.78 is 0. The molecule has 5 nitrogen and oxygen atoms in total. The summed E-state index contributed by atoms with van der Waals surface area (Å²) in [5.74, 6) is 0.180. The Morgan fingerprint density at radius 1 is 1.73 bits per heavy atom. The summed E-state index contributed by atoms with van der Waals surface area (Å²) in [5, 5.41) is 12.7. The summed E-state index contributed by atoms with van der Waals surface area (Å²) in [7, 11) is 0. The summed E-state index contributed by atoms with van der Waals surface area (Å²) >= 11 is 1.72. The lowest BCUT2D eigenvalue weighted by Gasteiger charge is -2.13. The Bertz CT molecular complexity index is 246. The second kappa shape index (κ2) is 6.68. The third kappa shape index (κ3) is 5.03. The van der Waals surface area contributed by atoms with Gasteiger partial charge in [0.25, 0.3) is 0 Å². The molecule has 0 aromatic rings. The Kier molecular flexibility index (Phi) is 5.49. The van der Waals surface area contributed by atoms with Crippen molar-refractivity contribution >= 4 is 22.9 Å². The normalized spacial score (nSPS) is 18.1. The lowest BCUT2D eigenvalue weighted by molar-refractivity contribution is -0.138. The van der Waals surface area contributed by atoms with Crippen molar-refractivity contribution < 1.29 is 9.90 Å². The van der Waals surface area contributed by atoms with E-state index in [9.17, 15) is 4.79 Å². The zero-order valence-corrected chi connectivity index (χ0v) is 9.42. The molecule has 0 fully saturated rings. The van der Waals surface area contributed by atoms with E-state index in [0.717, 1.165) is 36.9 Å². The number of carboxylic acid groups (broad SMARTS) is 1. The van der Waals surface area contributed by atoms with Crippen molar-refractivity contribution in [2.45, 2.75) is 25.3 Å². The SMILES string of the molecule is N[C@@H](CCCNC1=NCCCS1)C(=O)O. The first-order valence-electron chi connectivity index (χ1n) is 5.09. The van der Waals surface area contributed by atoms with Crippen LogP contribution in [0.4, 0.5) is 0 Å². The van der Waals surface area contributed by atoms with Crippen molar-refractivity contribution in [3.05, 3.63) is 0 Å². The van der Waals surface area contributed by atoms with E-state index in [-0.39, 0.29) is 0 Å². The standard InChI is InChI=1S/C9H17N3O2S/c10-7(8(13)14)3-1-4-11-9-12-5-2-6-15-9/h7H,1-6,10H2,(H,11,12)(H,13,14)/t7-/m0/s1. The van der Waals surface area contributed by atoms with E-state index in [4.69, 9.17) is 10.8 Å². The van der Waals surface area contributed by atoms with Crippen LogP contribution < -0.4 is 11.1 Å². The van der Waals surface area contributed by atoms with Crippen LogP contribution in [0.25, 0.3) is 0 Å². The van der Waals surface area contributed by atoms with Gasteiger partial charge in [0, 0.05) is 18.8 Å². The number of nitrogens with one attached hydrogen (secondary N) is 1. The molecule has 0 aromatic heterocycles. The highest BCUT2D eigenvalue weighted by Gasteiger charge is 2.10. The number of nitrogens with zero attached hydrogens (tertiary/aromatic N) is 1. The maximum Gasteiger partial charge on any atom is 0.320 e. The number of thioether (sulfide) groups is 1. The minimum Gasteiger partial charge on any atom is -0.480 e. The molecule has 6 heteroatoms. The molecule has 0 saturated heterocycles. The fraction of sp³-hybridized carbons (Fsp3) is 0.778. The number of amidine groups is 1. The number of aliphatic imine (C=N–C) groups is 1. The summed E-state index contributed by atoms with van der Waals surface area (Å²) in [6.07, 6.45) is 2.40. The van der Waals surface area contributed by atoms with Crippen LogP contribution in [0.3, 0.4) is 0 Å². The van der Waals surface area contributed by atoms with Crippen LogP contribution in [0.2, 0.25) is 0 Å². The first-order valence-corrected chi connectivity index (χ1v) is 6.08. The van der Waals surface area contributed by atoms with Gasteiger partial charge in [0.2, 0.25) is 0 Å². The fourth-order valence-electron chi connectivity index (χ4n) is 1.21. The molecule has 0 amide bonds. The first kappa shape index (κ1) is 12.3. The molecule has 0 saturated carbocycles. The van der Waals surface area contributed by atoms with Crippen molar-refractivity contribution in [2.75, 3.05) is 18.8 Å².